The van der Waals surface area contributed by atoms with Gasteiger partial charge in [-0.1, -0.05) is 13.5 Å². The van der Waals surface area contributed by atoms with Crippen LogP contribution in [0.15, 0.2) is 36.4 Å². The summed E-state index contributed by atoms with van der Waals surface area (Å²) < 4.78 is 10.1. The second kappa shape index (κ2) is 7.23. The number of rotatable bonds is 6. The van der Waals surface area contributed by atoms with E-state index in [1.165, 1.54) is 31.2 Å². The zero-order chi connectivity index (χ0) is 15.1. The largest absolute Gasteiger partial charge is 0.447 e. The average Bonchev–Trinajstić information content (AvgIpc) is 2.44. The third-order valence-corrected chi connectivity index (χ3v) is 2.47. The molecule has 0 aromatic heterocycles. The number of ether oxygens (including phenoxy) is 2. The smallest absolute Gasteiger partial charge is 0.352 e. The minimum absolute atomic E-state index is 0.214. The van der Waals surface area contributed by atoms with Crippen molar-refractivity contribution in [2.24, 2.45) is 0 Å². The summed E-state index contributed by atoms with van der Waals surface area (Å²) in [7, 11) is 0. The standard InChI is InChI=1S/C15H16O5/c1-4-13(20-14(17)10(2)3)15(18)19-12-7-5-11(9-16)6-8-12/h5-9,13H,2,4H2,1,3H3. The van der Waals surface area contributed by atoms with E-state index in [2.05, 4.69) is 6.58 Å². The highest BCUT2D eigenvalue weighted by Gasteiger charge is 2.23. The fourth-order valence-corrected chi connectivity index (χ4v) is 1.32. The third-order valence-electron chi connectivity index (χ3n) is 2.47. The fourth-order valence-electron chi connectivity index (χ4n) is 1.32. The van der Waals surface area contributed by atoms with Gasteiger partial charge in [-0.05, 0) is 37.6 Å². The predicted octanol–water partition coefficient (Wildman–Crippen LogP) is 2.30. The van der Waals surface area contributed by atoms with E-state index in [1.807, 2.05) is 0 Å². The summed E-state index contributed by atoms with van der Waals surface area (Å²) in [6.07, 6.45) is 0.00395. The second-order valence-electron chi connectivity index (χ2n) is 4.19. The van der Waals surface area contributed by atoms with Crippen LogP contribution >= 0.6 is 0 Å². The Labute approximate surface area is 117 Å². The molecule has 0 saturated carbocycles. The van der Waals surface area contributed by atoms with Crippen molar-refractivity contribution in [1.29, 1.82) is 0 Å². The van der Waals surface area contributed by atoms with Gasteiger partial charge in [0, 0.05) is 11.1 Å². The van der Waals surface area contributed by atoms with Crippen LogP contribution in [-0.2, 0) is 14.3 Å². The summed E-state index contributed by atoms with van der Waals surface area (Å²) >= 11 is 0. The molecule has 1 unspecified atom stereocenters. The van der Waals surface area contributed by atoms with Gasteiger partial charge in [0.25, 0.3) is 0 Å². The summed E-state index contributed by atoms with van der Waals surface area (Å²) in [6.45, 7) is 6.65. The SMILES string of the molecule is C=C(C)C(=O)OC(CC)C(=O)Oc1ccc(C=O)cc1. The first kappa shape index (κ1) is 15.6. The normalized spacial score (nSPS) is 11.3. The van der Waals surface area contributed by atoms with Crippen molar-refractivity contribution in [1.82, 2.24) is 0 Å². The summed E-state index contributed by atoms with van der Waals surface area (Å²) in [4.78, 5) is 33.7. The van der Waals surface area contributed by atoms with E-state index < -0.39 is 18.0 Å². The zero-order valence-electron chi connectivity index (χ0n) is 11.4. The maximum atomic E-state index is 11.9. The Morgan fingerprint density at radius 2 is 1.90 bits per heavy atom. The van der Waals surface area contributed by atoms with E-state index in [-0.39, 0.29) is 11.3 Å². The molecule has 0 fully saturated rings. The molecule has 0 spiro atoms. The molecule has 1 aromatic carbocycles. The van der Waals surface area contributed by atoms with Crippen LogP contribution in [0.4, 0.5) is 0 Å². The molecule has 1 rings (SSSR count). The summed E-state index contributed by atoms with van der Waals surface area (Å²) in [5.41, 5.74) is 0.692. The third kappa shape index (κ3) is 4.35. The zero-order valence-corrected chi connectivity index (χ0v) is 11.4. The predicted molar refractivity (Wildman–Crippen MR) is 72.4 cm³/mol. The number of hydrogen-bond donors (Lipinski definition) is 0. The molecule has 5 nitrogen and oxygen atoms in total. The Morgan fingerprint density at radius 1 is 1.30 bits per heavy atom. The van der Waals surface area contributed by atoms with Crippen LogP contribution in [0.2, 0.25) is 0 Å². The Kier molecular flexibility index (Phi) is 5.65. The molecule has 5 heteroatoms. The van der Waals surface area contributed by atoms with Crippen molar-refractivity contribution in [2.45, 2.75) is 26.4 Å². The van der Waals surface area contributed by atoms with E-state index in [0.717, 1.165) is 0 Å². The molecule has 0 amide bonds. The molecule has 0 bridgehead atoms. The molecular formula is C15H16O5. The van der Waals surface area contributed by atoms with Crippen molar-refractivity contribution in [2.75, 3.05) is 0 Å². The van der Waals surface area contributed by atoms with Crippen LogP contribution in [0.5, 0.6) is 5.75 Å². The monoisotopic (exact) mass is 276 g/mol. The molecule has 0 heterocycles. The van der Waals surface area contributed by atoms with E-state index >= 15 is 0 Å². The minimum Gasteiger partial charge on any atom is -0.447 e. The van der Waals surface area contributed by atoms with Gasteiger partial charge in [-0.3, -0.25) is 4.79 Å². The number of esters is 2. The molecule has 0 radical (unpaired) electrons. The summed E-state index contributed by atoms with van der Waals surface area (Å²) in [5, 5.41) is 0. The Balaban J connectivity index is 2.68. The lowest BCUT2D eigenvalue weighted by Crippen LogP contribution is -2.30. The van der Waals surface area contributed by atoms with E-state index in [1.54, 1.807) is 6.92 Å². The van der Waals surface area contributed by atoms with E-state index in [4.69, 9.17) is 9.47 Å². The number of hydrogen-bond acceptors (Lipinski definition) is 5. The highest BCUT2D eigenvalue weighted by atomic mass is 16.6. The van der Waals surface area contributed by atoms with Gasteiger partial charge in [0.05, 0.1) is 0 Å². The maximum absolute atomic E-state index is 11.9. The van der Waals surface area contributed by atoms with Gasteiger partial charge in [-0.15, -0.1) is 0 Å². The number of aldehydes is 1. The van der Waals surface area contributed by atoms with Crippen LogP contribution in [-0.4, -0.2) is 24.3 Å². The summed E-state index contributed by atoms with van der Waals surface area (Å²) in [6, 6.07) is 6.04. The number of benzene rings is 1. The fraction of sp³-hybridized carbons (Fsp3) is 0.267. The maximum Gasteiger partial charge on any atom is 0.352 e. The van der Waals surface area contributed by atoms with Crippen molar-refractivity contribution in [3.8, 4) is 5.75 Å². The molecular weight excluding hydrogens is 260 g/mol. The highest BCUT2D eigenvalue weighted by molar-refractivity contribution is 5.89. The Bertz CT molecular complexity index is 516. The first-order valence-corrected chi connectivity index (χ1v) is 6.11. The Morgan fingerprint density at radius 3 is 2.35 bits per heavy atom. The molecule has 20 heavy (non-hydrogen) atoms. The van der Waals surface area contributed by atoms with E-state index in [9.17, 15) is 14.4 Å². The van der Waals surface area contributed by atoms with Gasteiger partial charge in [-0.25, -0.2) is 9.59 Å². The lowest BCUT2D eigenvalue weighted by atomic mass is 10.2. The van der Waals surface area contributed by atoms with Crippen molar-refractivity contribution in [3.05, 3.63) is 42.0 Å². The molecule has 106 valence electrons. The molecule has 0 N–H and O–H groups in total. The van der Waals surface area contributed by atoms with Crippen molar-refractivity contribution in [3.63, 3.8) is 0 Å². The second-order valence-corrected chi connectivity index (χ2v) is 4.19. The molecule has 1 aromatic rings. The van der Waals surface area contributed by atoms with Crippen LogP contribution in [0, 0.1) is 0 Å². The summed E-state index contributed by atoms with van der Waals surface area (Å²) in [5.74, 6) is -1.02. The van der Waals surface area contributed by atoms with Crippen molar-refractivity contribution < 1.29 is 23.9 Å². The molecule has 0 saturated heterocycles. The number of carbonyl (C=O) groups is 3. The van der Waals surface area contributed by atoms with Gasteiger partial charge >= 0.3 is 11.9 Å². The molecule has 0 aliphatic heterocycles. The van der Waals surface area contributed by atoms with E-state index in [0.29, 0.717) is 18.3 Å². The first-order chi connectivity index (χ1) is 9.47. The molecule has 0 aliphatic carbocycles. The molecule has 0 aliphatic rings. The van der Waals surface area contributed by atoms with Crippen LogP contribution in [0.1, 0.15) is 30.6 Å². The Hall–Kier alpha value is -2.43. The highest BCUT2D eigenvalue weighted by Crippen LogP contribution is 2.14. The minimum atomic E-state index is -0.982. The van der Waals surface area contributed by atoms with Gasteiger partial charge in [0.15, 0.2) is 6.10 Å². The van der Waals surface area contributed by atoms with Crippen LogP contribution < -0.4 is 4.74 Å². The van der Waals surface area contributed by atoms with Gasteiger partial charge < -0.3 is 9.47 Å². The lowest BCUT2D eigenvalue weighted by molar-refractivity contribution is -0.159. The quantitative estimate of drug-likeness (QED) is 0.345. The number of carbonyl (C=O) groups excluding carboxylic acids is 3. The van der Waals surface area contributed by atoms with Crippen LogP contribution in [0.25, 0.3) is 0 Å². The topological polar surface area (TPSA) is 69.7 Å². The first-order valence-electron chi connectivity index (χ1n) is 6.11. The lowest BCUT2D eigenvalue weighted by Gasteiger charge is -2.15. The van der Waals surface area contributed by atoms with Gasteiger partial charge in [0.1, 0.15) is 12.0 Å². The average molecular weight is 276 g/mol. The van der Waals surface area contributed by atoms with Crippen LogP contribution in [0.3, 0.4) is 0 Å². The molecule has 1 atom stereocenters. The van der Waals surface area contributed by atoms with Gasteiger partial charge in [0.2, 0.25) is 0 Å². The van der Waals surface area contributed by atoms with Crippen molar-refractivity contribution >= 4 is 18.2 Å². The van der Waals surface area contributed by atoms with Gasteiger partial charge in [-0.2, -0.15) is 0 Å².